The molecule has 0 bridgehead atoms. The van der Waals surface area contributed by atoms with E-state index in [4.69, 9.17) is 9.47 Å². The van der Waals surface area contributed by atoms with Gasteiger partial charge in [-0.2, -0.15) is 9.78 Å². The molecular formula is C21H19N3O6. The second kappa shape index (κ2) is 8.91. The van der Waals surface area contributed by atoms with Crippen LogP contribution in [-0.2, 0) is 4.74 Å². The van der Waals surface area contributed by atoms with Crippen LogP contribution in [0.15, 0.2) is 59.4 Å². The summed E-state index contributed by atoms with van der Waals surface area (Å²) in [6.07, 6.45) is 0. The number of nitrogens with one attached hydrogen (secondary N) is 1. The van der Waals surface area contributed by atoms with Gasteiger partial charge in [0.15, 0.2) is 11.4 Å². The van der Waals surface area contributed by atoms with E-state index in [9.17, 15) is 19.5 Å². The maximum Gasteiger partial charge on any atom is 0.338 e. The molecule has 0 spiro atoms. The number of aromatic hydroxyl groups is 1. The Kier molecular flexibility index (Phi) is 6.11. The topological polar surface area (TPSA) is 120 Å². The fourth-order valence-corrected chi connectivity index (χ4v) is 2.68. The number of rotatable bonds is 6. The van der Waals surface area contributed by atoms with Crippen molar-refractivity contribution in [1.29, 1.82) is 0 Å². The van der Waals surface area contributed by atoms with Crippen LogP contribution in [0.5, 0.6) is 11.5 Å². The van der Waals surface area contributed by atoms with Crippen molar-refractivity contribution >= 4 is 17.6 Å². The SMILES string of the molecule is CCOC(=O)c1ccc(NC(=O)c2nn(-c3ccccc3OC)c(=O)cc2O)cc1. The molecule has 30 heavy (non-hydrogen) atoms. The molecule has 0 aliphatic carbocycles. The molecule has 0 saturated carbocycles. The van der Waals surface area contributed by atoms with Crippen LogP contribution in [0.1, 0.15) is 27.8 Å². The normalized spacial score (nSPS) is 10.3. The Morgan fingerprint density at radius 2 is 1.83 bits per heavy atom. The van der Waals surface area contributed by atoms with Gasteiger partial charge in [0.2, 0.25) is 0 Å². The number of hydrogen-bond acceptors (Lipinski definition) is 7. The van der Waals surface area contributed by atoms with E-state index in [-0.39, 0.29) is 12.3 Å². The van der Waals surface area contributed by atoms with Crippen molar-refractivity contribution in [2.45, 2.75) is 6.92 Å². The van der Waals surface area contributed by atoms with E-state index in [1.807, 2.05) is 0 Å². The van der Waals surface area contributed by atoms with Gasteiger partial charge in [-0.3, -0.25) is 9.59 Å². The fourth-order valence-electron chi connectivity index (χ4n) is 2.68. The molecule has 0 aliphatic heterocycles. The van der Waals surface area contributed by atoms with Gasteiger partial charge in [0, 0.05) is 11.8 Å². The molecule has 2 N–H and O–H groups in total. The Balaban J connectivity index is 1.89. The summed E-state index contributed by atoms with van der Waals surface area (Å²) >= 11 is 0. The number of carbonyl (C=O) groups excluding carboxylic acids is 2. The summed E-state index contributed by atoms with van der Waals surface area (Å²) in [5.74, 6) is -1.40. The number of esters is 1. The third-order valence-electron chi connectivity index (χ3n) is 4.09. The van der Waals surface area contributed by atoms with Crippen LogP contribution in [-0.4, -0.2) is 40.5 Å². The first-order valence-electron chi connectivity index (χ1n) is 9.00. The van der Waals surface area contributed by atoms with Crippen LogP contribution in [0.3, 0.4) is 0 Å². The number of amides is 1. The fraction of sp³-hybridized carbons (Fsp3) is 0.143. The van der Waals surface area contributed by atoms with Gasteiger partial charge >= 0.3 is 5.97 Å². The van der Waals surface area contributed by atoms with Crippen LogP contribution in [0.25, 0.3) is 5.69 Å². The highest BCUT2D eigenvalue weighted by atomic mass is 16.5. The smallest absolute Gasteiger partial charge is 0.338 e. The van der Waals surface area contributed by atoms with Gasteiger partial charge in [-0.05, 0) is 43.3 Å². The molecule has 3 aromatic rings. The molecule has 3 rings (SSSR count). The number of ether oxygens (including phenoxy) is 2. The second-order valence-corrected chi connectivity index (χ2v) is 6.05. The first kappa shape index (κ1) is 20.6. The second-order valence-electron chi connectivity index (χ2n) is 6.05. The van der Waals surface area contributed by atoms with Crippen LogP contribution in [0.2, 0.25) is 0 Å². The summed E-state index contributed by atoms with van der Waals surface area (Å²) in [4.78, 5) is 36.6. The molecule has 1 aromatic heterocycles. The minimum absolute atomic E-state index is 0.254. The molecule has 9 heteroatoms. The molecule has 9 nitrogen and oxygen atoms in total. The molecule has 154 valence electrons. The monoisotopic (exact) mass is 409 g/mol. The third kappa shape index (κ3) is 4.30. The van der Waals surface area contributed by atoms with Gasteiger partial charge in [-0.1, -0.05) is 12.1 Å². The molecule has 1 amide bonds. The summed E-state index contributed by atoms with van der Waals surface area (Å²) in [7, 11) is 1.44. The third-order valence-corrected chi connectivity index (χ3v) is 4.09. The van der Waals surface area contributed by atoms with E-state index < -0.39 is 23.2 Å². The van der Waals surface area contributed by atoms with Crippen molar-refractivity contribution in [3.05, 3.63) is 76.2 Å². The molecule has 0 aliphatic rings. The van der Waals surface area contributed by atoms with Crippen LogP contribution in [0, 0.1) is 0 Å². The minimum Gasteiger partial charge on any atom is -0.505 e. The number of methoxy groups -OCH3 is 1. The quantitative estimate of drug-likeness (QED) is 0.600. The predicted octanol–water partition coefficient (Wildman–Crippen LogP) is 2.38. The standard InChI is InChI=1S/C21H19N3O6/c1-3-30-21(28)13-8-10-14(11-9-13)22-20(27)19-16(25)12-18(26)24(23-19)15-6-4-5-7-17(15)29-2/h4-12,25H,3H2,1-2H3,(H,22,27). The van der Waals surface area contributed by atoms with Gasteiger partial charge in [0.1, 0.15) is 11.4 Å². The zero-order valence-electron chi connectivity index (χ0n) is 16.3. The van der Waals surface area contributed by atoms with Gasteiger partial charge in [0.05, 0.1) is 19.3 Å². The highest BCUT2D eigenvalue weighted by Gasteiger charge is 2.18. The Labute approximate surface area is 171 Å². The lowest BCUT2D eigenvalue weighted by atomic mass is 10.2. The lowest BCUT2D eigenvalue weighted by Gasteiger charge is -2.12. The zero-order valence-corrected chi connectivity index (χ0v) is 16.3. The number of hydrogen-bond donors (Lipinski definition) is 2. The van der Waals surface area contributed by atoms with E-state index >= 15 is 0 Å². The first-order chi connectivity index (χ1) is 14.4. The Morgan fingerprint density at radius 3 is 2.50 bits per heavy atom. The van der Waals surface area contributed by atoms with E-state index in [0.29, 0.717) is 22.7 Å². The summed E-state index contributed by atoms with van der Waals surface area (Å²) in [5.41, 5.74) is 0.0324. The van der Waals surface area contributed by atoms with Crippen molar-refractivity contribution in [2.24, 2.45) is 0 Å². The summed E-state index contributed by atoms with van der Waals surface area (Å²) in [5, 5.41) is 16.7. The highest BCUT2D eigenvalue weighted by Crippen LogP contribution is 2.22. The number of para-hydroxylation sites is 2. The Morgan fingerprint density at radius 1 is 1.13 bits per heavy atom. The zero-order chi connectivity index (χ0) is 21.7. The van der Waals surface area contributed by atoms with E-state index in [0.717, 1.165) is 10.7 Å². The van der Waals surface area contributed by atoms with Crippen molar-refractivity contribution in [1.82, 2.24) is 9.78 Å². The van der Waals surface area contributed by atoms with Crippen LogP contribution >= 0.6 is 0 Å². The molecule has 0 radical (unpaired) electrons. The Bertz CT molecular complexity index is 1140. The molecule has 0 fully saturated rings. The first-order valence-corrected chi connectivity index (χ1v) is 9.00. The molecule has 1 heterocycles. The molecule has 0 saturated heterocycles. The molecule has 0 unspecified atom stereocenters. The average Bonchev–Trinajstić information content (AvgIpc) is 2.74. The van der Waals surface area contributed by atoms with Gasteiger partial charge < -0.3 is 19.9 Å². The van der Waals surface area contributed by atoms with Crippen molar-refractivity contribution in [2.75, 3.05) is 19.0 Å². The minimum atomic E-state index is -0.736. The number of benzene rings is 2. The van der Waals surface area contributed by atoms with Crippen molar-refractivity contribution in [3.63, 3.8) is 0 Å². The van der Waals surface area contributed by atoms with Crippen molar-refractivity contribution in [3.8, 4) is 17.2 Å². The predicted molar refractivity (Wildman–Crippen MR) is 108 cm³/mol. The number of anilines is 1. The summed E-state index contributed by atoms with van der Waals surface area (Å²) in [6, 6.07) is 13.6. The van der Waals surface area contributed by atoms with Crippen molar-refractivity contribution < 1.29 is 24.2 Å². The Hall–Kier alpha value is -4.14. The molecule has 0 atom stereocenters. The summed E-state index contributed by atoms with van der Waals surface area (Å²) < 4.78 is 11.1. The summed E-state index contributed by atoms with van der Waals surface area (Å²) in [6.45, 7) is 1.96. The van der Waals surface area contributed by atoms with E-state index in [2.05, 4.69) is 10.4 Å². The van der Waals surface area contributed by atoms with Crippen LogP contribution in [0.4, 0.5) is 5.69 Å². The number of nitrogens with zero attached hydrogens (tertiary/aromatic N) is 2. The number of carbonyl (C=O) groups is 2. The van der Waals surface area contributed by atoms with E-state index in [1.54, 1.807) is 31.2 Å². The van der Waals surface area contributed by atoms with E-state index in [1.165, 1.54) is 31.4 Å². The average molecular weight is 409 g/mol. The van der Waals surface area contributed by atoms with Gasteiger partial charge in [0.25, 0.3) is 11.5 Å². The molecule has 2 aromatic carbocycles. The highest BCUT2D eigenvalue weighted by molar-refractivity contribution is 6.04. The molecular weight excluding hydrogens is 390 g/mol. The maximum absolute atomic E-state index is 12.6. The number of aromatic nitrogens is 2. The van der Waals surface area contributed by atoms with Gasteiger partial charge in [-0.15, -0.1) is 0 Å². The largest absolute Gasteiger partial charge is 0.505 e. The lowest BCUT2D eigenvalue weighted by Crippen LogP contribution is -2.25. The van der Waals surface area contributed by atoms with Gasteiger partial charge in [-0.25, -0.2) is 4.79 Å². The lowest BCUT2D eigenvalue weighted by molar-refractivity contribution is 0.0526. The maximum atomic E-state index is 12.6. The van der Waals surface area contributed by atoms with Crippen LogP contribution < -0.4 is 15.6 Å².